The second-order valence-electron chi connectivity index (χ2n) is 7.89. The molecule has 1 aliphatic heterocycles. The second kappa shape index (κ2) is 10.5. The van der Waals surface area contributed by atoms with Gasteiger partial charge in [-0.15, -0.1) is 0 Å². The number of piperazine rings is 1. The average molecular weight is 374 g/mol. The van der Waals surface area contributed by atoms with Gasteiger partial charge in [-0.25, -0.2) is 0 Å². The first kappa shape index (κ1) is 20.0. The SMILES string of the molecule is COc1ccccc1N1CCN(CCNC(=O)CCC2CCCCC2)CC1. The fraction of sp³-hybridized carbons (Fsp3) is 0.682. The number of para-hydroxylation sites is 2. The van der Waals surface area contributed by atoms with Gasteiger partial charge in [0.2, 0.25) is 5.91 Å². The summed E-state index contributed by atoms with van der Waals surface area (Å²) in [4.78, 5) is 16.9. The number of benzene rings is 1. The second-order valence-corrected chi connectivity index (χ2v) is 7.89. The van der Waals surface area contributed by atoms with Crippen LogP contribution in [0.2, 0.25) is 0 Å². The molecule has 1 amide bonds. The standard InChI is InChI=1S/C22H35N3O2/c1-27-21-10-6-5-9-20(21)25-17-15-24(16-18-25)14-13-23-22(26)12-11-19-7-3-2-4-8-19/h5-6,9-10,19H,2-4,7-8,11-18H2,1H3,(H,23,26). The number of carbonyl (C=O) groups is 1. The summed E-state index contributed by atoms with van der Waals surface area (Å²) < 4.78 is 5.48. The lowest BCUT2D eigenvalue weighted by Gasteiger charge is -2.36. The van der Waals surface area contributed by atoms with Gasteiger partial charge in [0, 0.05) is 45.7 Å². The maximum absolute atomic E-state index is 12.1. The van der Waals surface area contributed by atoms with Crippen molar-refractivity contribution in [3.63, 3.8) is 0 Å². The van der Waals surface area contributed by atoms with Gasteiger partial charge in [-0.05, 0) is 24.5 Å². The van der Waals surface area contributed by atoms with Crippen molar-refractivity contribution < 1.29 is 9.53 Å². The van der Waals surface area contributed by atoms with Crippen molar-refractivity contribution in [2.24, 2.45) is 5.92 Å². The summed E-state index contributed by atoms with van der Waals surface area (Å²) in [5.74, 6) is 1.96. The molecule has 5 nitrogen and oxygen atoms in total. The fourth-order valence-corrected chi connectivity index (χ4v) is 4.36. The highest BCUT2D eigenvalue weighted by Crippen LogP contribution is 2.28. The van der Waals surface area contributed by atoms with E-state index in [9.17, 15) is 4.79 Å². The van der Waals surface area contributed by atoms with Crippen LogP contribution in [-0.2, 0) is 4.79 Å². The van der Waals surface area contributed by atoms with Gasteiger partial charge in [-0.1, -0.05) is 44.2 Å². The molecule has 27 heavy (non-hydrogen) atoms. The number of nitrogens with zero attached hydrogens (tertiary/aromatic N) is 2. The zero-order chi connectivity index (χ0) is 18.9. The number of rotatable bonds is 8. The lowest BCUT2D eigenvalue weighted by atomic mass is 9.86. The molecule has 1 N–H and O–H groups in total. The molecule has 3 rings (SSSR count). The summed E-state index contributed by atoms with van der Waals surface area (Å²) in [6.45, 7) is 5.74. The zero-order valence-corrected chi connectivity index (χ0v) is 16.8. The molecule has 2 fully saturated rings. The molecule has 1 saturated heterocycles. The highest BCUT2D eigenvalue weighted by Gasteiger charge is 2.19. The van der Waals surface area contributed by atoms with Crippen molar-refractivity contribution in [3.05, 3.63) is 24.3 Å². The zero-order valence-electron chi connectivity index (χ0n) is 16.8. The molecule has 0 unspecified atom stereocenters. The molecule has 1 heterocycles. The number of anilines is 1. The predicted octanol–water partition coefficient (Wildman–Crippen LogP) is 3.29. The van der Waals surface area contributed by atoms with Gasteiger partial charge in [0.25, 0.3) is 0 Å². The van der Waals surface area contributed by atoms with Crippen LogP contribution >= 0.6 is 0 Å². The highest BCUT2D eigenvalue weighted by atomic mass is 16.5. The molecule has 1 aliphatic carbocycles. The number of amides is 1. The summed E-state index contributed by atoms with van der Waals surface area (Å²) in [6, 6.07) is 8.22. The first-order chi connectivity index (χ1) is 13.3. The lowest BCUT2D eigenvalue weighted by molar-refractivity contribution is -0.121. The molecule has 5 heteroatoms. The Bertz CT molecular complexity index is 579. The van der Waals surface area contributed by atoms with E-state index in [1.54, 1.807) is 7.11 Å². The van der Waals surface area contributed by atoms with Crippen LogP contribution in [0.1, 0.15) is 44.9 Å². The van der Waals surface area contributed by atoms with Gasteiger partial charge >= 0.3 is 0 Å². The van der Waals surface area contributed by atoms with E-state index in [4.69, 9.17) is 4.74 Å². The third-order valence-corrected chi connectivity index (χ3v) is 6.05. The molecule has 1 saturated carbocycles. The van der Waals surface area contributed by atoms with E-state index in [2.05, 4.69) is 27.2 Å². The van der Waals surface area contributed by atoms with Crippen LogP contribution < -0.4 is 15.0 Å². The smallest absolute Gasteiger partial charge is 0.220 e. The minimum Gasteiger partial charge on any atom is -0.495 e. The van der Waals surface area contributed by atoms with E-state index in [1.165, 1.54) is 37.8 Å². The first-order valence-corrected chi connectivity index (χ1v) is 10.6. The molecule has 1 aromatic rings. The summed E-state index contributed by atoms with van der Waals surface area (Å²) in [5, 5.41) is 3.12. The molecule has 0 spiro atoms. The largest absolute Gasteiger partial charge is 0.495 e. The minimum atomic E-state index is 0.230. The Morgan fingerprint density at radius 2 is 1.85 bits per heavy atom. The molecule has 2 aliphatic rings. The monoisotopic (exact) mass is 373 g/mol. The third-order valence-electron chi connectivity index (χ3n) is 6.05. The van der Waals surface area contributed by atoms with Crippen molar-refractivity contribution in [1.82, 2.24) is 10.2 Å². The van der Waals surface area contributed by atoms with E-state index < -0.39 is 0 Å². The van der Waals surface area contributed by atoms with Crippen LogP contribution in [0.15, 0.2) is 24.3 Å². The van der Waals surface area contributed by atoms with Crippen molar-refractivity contribution in [2.45, 2.75) is 44.9 Å². The van der Waals surface area contributed by atoms with E-state index >= 15 is 0 Å². The molecule has 0 bridgehead atoms. The van der Waals surface area contributed by atoms with Gasteiger partial charge in [0.05, 0.1) is 12.8 Å². The van der Waals surface area contributed by atoms with Gasteiger partial charge in [0.15, 0.2) is 0 Å². The first-order valence-electron chi connectivity index (χ1n) is 10.6. The summed E-state index contributed by atoms with van der Waals surface area (Å²) >= 11 is 0. The summed E-state index contributed by atoms with van der Waals surface area (Å²) in [5.41, 5.74) is 1.18. The van der Waals surface area contributed by atoms with Gasteiger partial charge in [-0.2, -0.15) is 0 Å². The number of hydrogen-bond donors (Lipinski definition) is 1. The molecular weight excluding hydrogens is 338 g/mol. The molecule has 0 radical (unpaired) electrons. The predicted molar refractivity (Wildman–Crippen MR) is 110 cm³/mol. The lowest BCUT2D eigenvalue weighted by Crippen LogP contribution is -2.48. The van der Waals surface area contributed by atoms with Crippen molar-refractivity contribution >= 4 is 11.6 Å². The molecule has 1 aromatic carbocycles. The number of nitrogens with one attached hydrogen (secondary N) is 1. The quantitative estimate of drug-likeness (QED) is 0.759. The van der Waals surface area contributed by atoms with Crippen molar-refractivity contribution in [3.8, 4) is 5.75 Å². The van der Waals surface area contributed by atoms with Crippen LogP contribution in [0.25, 0.3) is 0 Å². The van der Waals surface area contributed by atoms with Gasteiger partial charge < -0.3 is 15.0 Å². The van der Waals surface area contributed by atoms with Crippen LogP contribution in [-0.4, -0.2) is 57.2 Å². The Kier molecular flexibility index (Phi) is 7.81. The van der Waals surface area contributed by atoms with Gasteiger partial charge in [-0.3, -0.25) is 9.69 Å². The van der Waals surface area contributed by atoms with Crippen LogP contribution in [0.5, 0.6) is 5.75 Å². The molecular formula is C22H35N3O2. The highest BCUT2D eigenvalue weighted by molar-refractivity contribution is 5.75. The van der Waals surface area contributed by atoms with E-state index in [-0.39, 0.29) is 5.91 Å². The Morgan fingerprint density at radius 1 is 1.11 bits per heavy atom. The maximum Gasteiger partial charge on any atom is 0.220 e. The Balaban J connectivity index is 1.31. The summed E-state index contributed by atoms with van der Waals surface area (Å²) in [7, 11) is 1.73. The Hall–Kier alpha value is -1.75. The molecule has 150 valence electrons. The van der Waals surface area contributed by atoms with Gasteiger partial charge in [0.1, 0.15) is 5.75 Å². The average Bonchev–Trinajstić information content (AvgIpc) is 2.73. The van der Waals surface area contributed by atoms with Crippen molar-refractivity contribution in [2.75, 3.05) is 51.3 Å². The Morgan fingerprint density at radius 3 is 2.59 bits per heavy atom. The number of hydrogen-bond acceptors (Lipinski definition) is 4. The van der Waals surface area contributed by atoms with Crippen molar-refractivity contribution in [1.29, 1.82) is 0 Å². The summed E-state index contributed by atoms with van der Waals surface area (Å²) in [6.07, 6.45) is 8.51. The fourth-order valence-electron chi connectivity index (χ4n) is 4.36. The number of carbonyl (C=O) groups excluding carboxylic acids is 1. The topological polar surface area (TPSA) is 44.8 Å². The third kappa shape index (κ3) is 6.13. The minimum absolute atomic E-state index is 0.230. The van der Waals surface area contributed by atoms with E-state index in [0.29, 0.717) is 6.42 Å². The molecule has 0 atom stereocenters. The van der Waals surface area contributed by atoms with Crippen LogP contribution in [0.4, 0.5) is 5.69 Å². The van der Waals surface area contributed by atoms with Crippen LogP contribution in [0.3, 0.4) is 0 Å². The Labute approximate surface area is 164 Å². The van der Waals surface area contributed by atoms with E-state index in [1.807, 2.05) is 12.1 Å². The van der Waals surface area contributed by atoms with E-state index in [0.717, 1.165) is 57.4 Å². The number of methoxy groups -OCH3 is 1. The maximum atomic E-state index is 12.1. The number of ether oxygens (including phenoxy) is 1. The molecule has 0 aromatic heterocycles. The van der Waals surface area contributed by atoms with Crippen LogP contribution in [0, 0.1) is 5.92 Å². The normalized spacial score (nSPS) is 19.1.